The first kappa shape index (κ1) is 20.7. The highest BCUT2D eigenvalue weighted by molar-refractivity contribution is 5.95. The number of nitrogens with two attached hydrogens (primary N) is 1. The number of benzene rings is 2. The van der Waals surface area contributed by atoms with Crippen LogP contribution in [0.5, 0.6) is 11.5 Å². The number of methoxy groups -OCH3 is 1. The number of carbonyl (C=O) groups excluding carboxylic acids is 1. The molecular formula is C19H10F5N3O3. The van der Waals surface area contributed by atoms with E-state index in [1.165, 1.54) is 24.4 Å². The van der Waals surface area contributed by atoms with Crippen molar-refractivity contribution in [2.24, 2.45) is 0 Å². The normalized spacial score (nSPS) is 10.6. The fourth-order valence-electron chi connectivity index (χ4n) is 2.61. The Labute approximate surface area is 165 Å². The molecule has 0 radical (unpaired) electrons. The molecule has 0 aliphatic rings. The van der Waals surface area contributed by atoms with E-state index in [-0.39, 0.29) is 28.4 Å². The van der Waals surface area contributed by atoms with Crippen molar-refractivity contribution in [1.82, 2.24) is 4.57 Å². The number of nitrogens with zero attached hydrogens (tertiary/aromatic N) is 2. The van der Waals surface area contributed by atoms with Crippen molar-refractivity contribution in [3.63, 3.8) is 0 Å². The average Bonchev–Trinajstić information content (AvgIpc) is 3.10. The summed E-state index contributed by atoms with van der Waals surface area (Å²) in [5.41, 5.74) is 5.48. The van der Waals surface area contributed by atoms with Crippen LogP contribution >= 0.6 is 0 Å². The largest absolute Gasteiger partial charge is 0.464 e. The van der Waals surface area contributed by atoms with Crippen LogP contribution in [-0.2, 0) is 4.74 Å². The van der Waals surface area contributed by atoms with Crippen molar-refractivity contribution >= 4 is 11.7 Å². The van der Waals surface area contributed by atoms with Crippen LogP contribution in [0.15, 0.2) is 30.5 Å². The monoisotopic (exact) mass is 423 g/mol. The highest BCUT2D eigenvalue weighted by Crippen LogP contribution is 2.34. The third-order valence-corrected chi connectivity index (χ3v) is 4.03. The van der Waals surface area contributed by atoms with Gasteiger partial charge in [-0.2, -0.15) is 14.0 Å². The molecule has 11 heteroatoms. The quantitative estimate of drug-likeness (QED) is 0.294. The molecule has 154 valence electrons. The number of rotatable bonds is 4. The molecule has 0 saturated heterocycles. The van der Waals surface area contributed by atoms with Crippen molar-refractivity contribution in [2.45, 2.75) is 0 Å². The van der Waals surface area contributed by atoms with Gasteiger partial charge in [0.1, 0.15) is 11.8 Å². The maximum absolute atomic E-state index is 13.9. The maximum Gasteiger partial charge on any atom is 0.357 e. The molecule has 0 unspecified atom stereocenters. The summed E-state index contributed by atoms with van der Waals surface area (Å²) in [6, 6.07) is 6.83. The van der Waals surface area contributed by atoms with Gasteiger partial charge in [0.05, 0.1) is 18.4 Å². The summed E-state index contributed by atoms with van der Waals surface area (Å²) >= 11 is 0. The van der Waals surface area contributed by atoms with Gasteiger partial charge < -0.3 is 19.8 Å². The maximum atomic E-state index is 13.9. The van der Waals surface area contributed by atoms with Crippen LogP contribution in [0.4, 0.5) is 27.6 Å². The van der Waals surface area contributed by atoms with Gasteiger partial charge >= 0.3 is 5.97 Å². The van der Waals surface area contributed by atoms with E-state index >= 15 is 0 Å². The number of hydrogen-bond donors (Lipinski definition) is 1. The predicted molar refractivity (Wildman–Crippen MR) is 92.5 cm³/mol. The van der Waals surface area contributed by atoms with Gasteiger partial charge in [-0.25, -0.2) is 18.0 Å². The fourth-order valence-corrected chi connectivity index (χ4v) is 2.61. The molecule has 2 N–H and O–H groups in total. The van der Waals surface area contributed by atoms with E-state index in [1.54, 1.807) is 6.07 Å². The first-order valence-electron chi connectivity index (χ1n) is 8.00. The molecule has 1 aromatic heterocycles. The molecule has 0 aliphatic heterocycles. The SMILES string of the molecule is COC(=O)c1c(N)c(C#N)cn1-c1cccc(Oc2c(F)c(F)c(F)c(F)c2F)c1. The Hall–Kier alpha value is -4.07. The van der Waals surface area contributed by atoms with Gasteiger partial charge in [-0.05, 0) is 12.1 Å². The smallest absolute Gasteiger partial charge is 0.357 e. The molecule has 30 heavy (non-hydrogen) atoms. The minimum atomic E-state index is -2.32. The summed E-state index contributed by atoms with van der Waals surface area (Å²) in [5, 5.41) is 9.14. The van der Waals surface area contributed by atoms with Crippen molar-refractivity contribution in [3.05, 3.63) is 70.8 Å². The average molecular weight is 423 g/mol. The Morgan fingerprint density at radius 1 is 1.07 bits per heavy atom. The zero-order chi connectivity index (χ0) is 22.2. The van der Waals surface area contributed by atoms with Crippen LogP contribution < -0.4 is 10.5 Å². The summed E-state index contributed by atoms with van der Waals surface area (Å²) in [6.07, 6.45) is 1.21. The molecule has 0 saturated carbocycles. The van der Waals surface area contributed by atoms with E-state index in [0.717, 1.165) is 17.7 Å². The van der Waals surface area contributed by atoms with Crippen LogP contribution in [0.25, 0.3) is 5.69 Å². The van der Waals surface area contributed by atoms with Gasteiger partial charge in [0.2, 0.25) is 34.8 Å². The first-order valence-corrected chi connectivity index (χ1v) is 8.00. The Balaban J connectivity index is 2.11. The molecule has 0 atom stereocenters. The number of carbonyl (C=O) groups is 1. The zero-order valence-electron chi connectivity index (χ0n) is 15.0. The minimum absolute atomic E-state index is 0.0542. The van der Waals surface area contributed by atoms with Crippen molar-refractivity contribution in [1.29, 1.82) is 5.26 Å². The van der Waals surface area contributed by atoms with Crippen LogP contribution in [0, 0.1) is 40.4 Å². The van der Waals surface area contributed by atoms with Crippen LogP contribution in [0.2, 0.25) is 0 Å². The van der Waals surface area contributed by atoms with Crippen molar-refractivity contribution < 1.29 is 36.2 Å². The molecule has 6 nitrogen and oxygen atoms in total. The fraction of sp³-hybridized carbons (Fsp3) is 0.0526. The lowest BCUT2D eigenvalue weighted by atomic mass is 10.2. The molecular weight excluding hydrogens is 413 g/mol. The second-order valence-corrected chi connectivity index (χ2v) is 5.78. The molecule has 0 spiro atoms. The first-order chi connectivity index (χ1) is 14.2. The van der Waals surface area contributed by atoms with Crippen molar-refractivity contribution in [3.8, 4) is 23.3 Å². The minimum Gasteiger partial charge on any atom is -0.464 e. The zero-order valence-corrected chi connectivity index (χ0v) is 15.0. The Kier molecular flexibility index (Phi) is 5.33. The van der Waals surface area contributed by atoms with E-state index in [9.17, 15) is 26.7 Å². The van der Waals surface area contributed by atoms with E-state index in [0.29, 0.717) is 0 Å². The number of halogens is 5. The highest BCUT2D eigenvalue weighted by Gasteiger charge is 2.28. The number of esters is 1. The second kappa shape index (κ2) is 7.75. The number of ether oxygens (including phenoxy) is 2. The molecule has 3 aromatic rings. The Morgan fingerprint density at radius 2 is 1.67 bits per heavy atom. The molecule has 0 aliphatic carbocycles. The van der Waals surface area contributed by atoms with Gasteiger partial charge in [-0.15, -0.1) is 0 Å². The van der Waals surface area contributed by atoms with Gasteiger partial charge in [0.15, 0.2) is 5.69 Å². The summed E-state index contributed by atoms with van der Waals surface area (Å²) in [5.74, 6) is -13.6. The summed E-state index contributed by atoms with van der Waals surface area (Å²) in [6.45, 7) is 0. The summed E-state index contributed by atoms with van der Waals surface area (Å²) in [4.78, 5) is 12.0. The molecule has 0 bridgehead atoms. The molecule has 1 heterocycles. The Morgan fingerprint density at radius 3 is 2.23 bits per heavy atom. The Bertz CT molecular complexity index is 1190. The predicted octanol–water partition coefficient (Wildman–Crippen LogP) is 4.21. The number of anilines is 1. The van der Waals surface area contributed by atoms with Gasteiger partial charge in [-0.1, -0.05) is 6.07 Å². The van der Waals surface area contributed by atoms with Gasteiger partial charge in [0.25, 0.3) is 0 Å². The number of aromatic nitrogens is 1. The highest BCUT2D eigenvalue weighted by atomic mass is 19.2. The van der Waals surface area contributed by atoms with Gasteiger partial charge in [0, 0.05) is 18.0 Å². The van der Waals surface area contributed by atoms with Gasteiger partial charge in [-0.3, -0.25) is 0 Å². The lowest BCUT2D eigenvalue weighted by Crippen LogP contribution is -2.11. The summed E-state index contributed by atoms with van der Waals surface area (Å²) < 4.78 is 78.3. The van der Waals surface area contributed by atoms with E-state index in [2.05, 4.69) is 4.74 Å². The lowest BCUT2D eigenvalue weighted by molar-refractivity contribution is 0.0593. The third kappa shape index (κ3) is 3.28. The van der Waals surface area contributed by atoms with Crippen molar-refractivity contribution in [2.75, 3.05) is 12.8 Å². The van der Waals surface area contributed by atoms with E-state index in [4.69, 9.17) is 15.7 Å². The molecule has 3 rings (SSSR count). The second-order valence-electron chi connectivity index (χ2n) is 5.78. The third-order valence-electron chi connectivity index (χ3n) is 4.03. The molecule has 2 aromatic carbocycles. The summed E-state index contributed by atoms with van der Waals surface area (Å²) in [7, 11) is 1.09. The van der Waals surface area contributed by atoms with Crippen LogP contribution in [0.3, 0.4) is 0 Å². The van der Waals surface area contributed by atoms with Crippen LogP contribution in [0.1, 0.15) is 16.1 Å². The lowest BCUT2D eigenvalue weighted by Gasteiger charge is -2.12. The number of hydrogen-bond acceptors (Lipinski definition) is 5. The number of nitriles is 1. The topological polar surface area (TPSA) is 90.3 Å². The number of nitrogen functional groups attached to an aromatic ring is 1. The molecule has 0 amide bonds. The van der Waals surface area contributed by atoms with E-state index < -0.39 is 40.8 Å². The van der Waals surface area contributed by atoms with Crippen LogP contribution in [-0.4, -0.2) is 17.6 Å². The molecule has 0 fully saturated rings. The standard InChI is InChI=1S/C19H10F5N3O3/c1-29-19(28)17-16(26)8(6-25)7-27(17)9-3-2-4-10(5-9)30-18-14(23)12(21)11(20)13(22)15(18)24/h2-5,7H,26H2,1H3. The van der Waals surface area contributed by atoms with E-state index in [1.807, 2.05) is 0 Å².